The van der Waals surface area contributed by atoms with Crippen LogP contribution in [0, 0.1) is 0 Å². The second-order valence-corrected chi connectivity index (χ2v) is 7.91. The summed E-state index contributed by atoms with van der Waals surface area (Å²) in [5, 5.41) is 2.98. The van der Waals surface area contributed by atoms with Crippen LogP contribution in [-0.4, -0.2) is 31.5 Å². The average molecular weight is 366 g/mol. The number of rotatable bonds is 4. The number of methoxy groups -OCH3 is 1. The average Bonchev–Trinajstić information content (AvgIpc) is 3.01. The van der Waals surface area contributed by atoms with Crippen LogP contribution in [0.15, 0.2) is 48.5 Å². The zero-order valence-electron chi connectivity index (χ0n) is 16.3. The minimum atomic E-state index is -0.210. The molecule has 1 heterocycles. The van der Waals surface area contributed by atoms with Crippen LogP contribution in [0.1, 0.15) is 43.1 Å². The van der Waals surface area contributed by atoms with Gasteiger partial charge in [0.15, 0.2) is 0 Å². The summed E-state index contributed by atoms with van der Waals surface area (Å²) in [6.07, 6.45) is 0.295. The van der Waals surface area contributed by atoms with Crippen molar-refractivity contribution in [3.63, 3.8) is 0 Å². The topological polar surface area (TPSA) is 58.6 Å². The Morgan fingerprint density at radius 3 is 2.48 bits per heavy atom. The third-order valence-corrected chi connectivity index (χ3v) is 4.84. The fourth-order valence-electron chi connectivity index (χ4n) is 3.22. The van der Waals surface area contributed by atoms with E-state index >= 15 is 0 Å². The van der Waals surface area contributed by atoms with Crippen molar-refractivity contribution < 1.29 is 14.3 Å². The molecule has 2 aromatic rings. The number of anilines is 1. The van der Waals surface area contributed by atoms with Crippen molar-refractivity contribution in [2.24, 2.45) is 0 Å². The van der Waals surface area contributed by atoms with E-state index in [1.807, 2.05) is 48.5 Å². The largest absolute Gasteiger partial charge is 0.497 e. The van der Waals surface area contributed by atoms with Gasteiger partial charge in [-0.05, 0) is 35.2 Å². The molecule has 1 aliphatic heterocycles. The summed E-state index contributed by atoms with van der Waals surface area (Å²) in [6, 6.07) is 14.8. The number of nitrogens with zero attached hydrogens (tertiary/aromatic N) is 1. The molecule has 1 N–H and O–H groups in total. The fraction of sp³-hybridized carbons (Fsp3) is 0.364. The lowest BCUT2D eigenvalue weighted by atomic mass is 9.86. The standard InChI is InChI=1S/C22H26N2O3/c1-22(2,3)16-10-8-15(9-11-16)21(26)23-17-12-20(25)24(14-17)18-6-5-7-19(13-18)27-4/h5-11,13,17H,12,14H2,1-4H3,(H,23,26)/t17-/m0/s1. The molecule has 2 amide bonds. The Bertz CT molecular complexity index is 837. The van der Waals surface area contributed by atoms with Crippen LogP contribution in [0.5, 0.6) is 5.75 Å². The number of hydrogen-bond acceptors (Lipinski definition) is 3. The minimum absolute atomic E-state index is 0.00312. The van der Waals surface area contributed by atoms with Gasteiger partial charge in [0.1, 0.15) is 5.75 Å². The SMILES string of the molecule is COc1cccc(N2C[C@@H](NC(=O)c3ccc(C(C)(C)C)cc3)CC2=O)c1. The van der Waals surface area contributed by atoms with E-state index in [4.69, 9.17) is 4.74 Å². The molecule has 1 saturated heterocycles. The van der Waals surface area contributed by atoms with E-state index in [1.165, 1.54) is 5.56 Å². The van der Waals surface area contributed by atoms with E-state index in [9.17, 15) is 9.59 Å². The van der Waals surface area contributed by atoms with E-state index in [-0.39, 0.29) is 23.3 Å². The van der Waals surface area contributed by atoms with Crippen molar-refractivity contribution in [2.45, 2.75) is 38.6 Å². The smallest absolute Gasteiger partial charge is 0.251 e. The number of benzene rings is 2. The van der Waals surface area contributed by atoms with E-state index < -0.39 is 0 Å². The third kappa shape index (κ3) is 4.30. The molecule has 1 aliphatic rings. The highest BCUT2D eigenvalue weighted by molar-refractivity contribution is 5.99. The minimum Gasteiger partial charge on any atom is -0.497 e. The Morgan fingerprint density at radius 2 is 1.85 bits per heavy atom. The third-order valence-electron chi connectivity index (χ3n) is 4.84. The van der Waals surface area contributed by atoms with E-state index in [0.717, 1.165) is 5.69 Å². The Morgan fingerprint density at radius 1 is 1.15 bits per heavy atom. The van der Waals surface area contributed by atoms with Crippen molar-refractivity contribution in [1.29, 1.82) is 0 Å². The normalized spacial score (nSPS) is 17.1. The monoisotopic (exact) mass is 366 g/mol. The molecule has 1 atom stereocenters. The first-order valence-corrected chi connectivity index (χ1v) is 9.14. The van der Waals surface area contributed by atoms with Gasteiger partial charge in [0, 0.05) is 30.3 Å². The number of ether oxygens (including phenoxy) is 1. The lowest BCUT2D eigenvalue weighted by Crippen LogP contribution is -2.37. The van der Waals surface area contributed by atoms with Gasteiger partial charge in [0.25, 0.3) is 5.91 Å². The molecule has 142 valence electrons. The molecule has 0 spiro atoms. The summed E-state index contributed by atoms with van der Waals surface area (Å²) in [4.78, 5) is 26.6. The molecular formula is C22H26N2O3. The van der Waals surface area contributed by atoms with Gasteiger partial charge < -0.3 is 15.0 Å². The maximum atomic E-state index is 12.6. The second-order valence-electron chi connectivity index (χ2n) is 7.91. The maximum Gasteiger partial charge on any atom is 0.251 e. The lowest BCUT2D eigenvalue weighted by molar-refractivity contribution is -0.117. The molecule has 2 aromatic carbocycles. The first-order chi connectivity index (χ1) is 12.8. The molecule has 5 nitrogen and oxygen atoms in total. The molecule has 5 heteroatoms. The van der Waals surface area contributed by atoms with Crippen LogP contribution in [0.2, 0.25) is 0 Å². The number of carbonyl (C=O) groups is 2. The van der Waals surface area contributed by atoms with Gasteiger partial charge in [-0.25, -0.2) is 0 Å². The Labute approximate surface area is 160 Å². The van der Waals surface area contributed by atoms with E-state index in [2.05, 4.69) is 26.1 Å². The van der Waals surface area contributed by atoms with Gasteiger partial charge in [-0.3, -0.25) is 9.59 Å². The second kappa shape index (κ2) is 7.43. The first-order valence-electron chi connectivity index (χ1n) is 9.14. The highest BCUT2D eigenvalue weighted by Gasteiger charge is 2.32. The number of hydrogen-bond donors (Lipinski definition) is 1. The highest BCUT2D eigenvalue weighted by Crippen LogP contribution is 2.26. The highest BCUT2D eigenvalue weighted by atomic mass is 16.5. The summed E-state index contributed by atoms with van der Waals surface area (Å²) in [6.45, 7) is 6.87. The predicted molar refractivity (Wildman–Crippen MR) is 106 cm³/mol. The molecule has 0 unspecified atom stereocenters. The number of carbonyl (C=O) groups excluding carboxylic acids is 2. The summed E-state index contributed by atoms with van der Waals surface area (Å²) in [5.74, 6) is 0.545. The van der Waals surface area contributed by atoms with Crippen LogP contribution in [0.25, 0.3) is 0 Å². The molecular weight excluding hydrogens is 340 g/mol. The Balaban J connectivity index is 1.66. The zero-order valence-corrected chi connectivity index (χ0v) is 16.3. The number of amides is 2. The van der Waals surface area contributed by atoms with Gasteiger partial charge in [-0.15, -0.1) is 0 Å². The Hall–Kier alpha value is -2.82. The maximum absolute atomic E-state index is 12.6. The number of nitrogens with one attached hydrogen (secondary N) is 1. The molecule has 0 aromatic heterocycles. The van der Waals surface area contributed by atoms with Gasteiger partial charge in [-0.1, -0.05) is 39.0 Å². The zero-order chi connectivity index (χ0) is 19.6. The van der Waals surface area contributed by atoms with Gasteiger partial charge >= 0.3 is 0 Å². The summed E-state index contributed by atoms with van der Waals surface area (Å²) < 4.78 is 5.22. The van der Waals surface area contributed by atoms with Crippen molar-refractivity contribution in [1.82, 2.24) is 5.32 Å². The predicted octanol–water partition coefficient (Wildman–Crippen LogP) is 3.53. The molecule has 1 fully saturated rings. The summed E-state index contributed by atoms with van der Waals surface area (Å²) in [5.41, 5.74) is 2.62. The first kappa shape index (κ1) is 19.0. The van der Waals surface area contributed by atoms with Crippen molar-refractivity contribution >= 4 is 17.5 Å². The van der Waals surface area contributed by atoms with Crippen LogP contribution in [0.3, 0.4) is 0 Å². The molecule has 0 saturated carbocycles. The quantitative estimate of drug-likeness (QED) is 0.901. The van der Waals surface area contributed by atoms with Gasteiger partial charge in [-0.2, -0.15) is 0 Å². The van der Waals surface area contributed by atoms with E-state index in [1.54, 1.807) is 12.0 Å². The van der Waals surface area contributed by atoms with Crippen LogP contribution < -0.4 is 15.0 Å². The molecule has 0 bridgehead atoms. The van der Waals surface area contributed by atoms with Crippen molar-refractivity contribution in [2.75, 3.05) is 18.6 Å². The van der Waals surface area contributed by atoms with Crippen molar-refractivity contribution in [3.05, 3.63) is 59.7 Å². The summed E-state index contributed by atoms with van der Waals surface area (Å²) >= 11 is 0. The van der Waals surface area contributed by atoms with Gasteiger partial charge in [0.2, 0.25) is 5.91 Å². The molecule has 0 aliphatic carbocycles. The van der Waals surface area contributed by atoms with Gasteiger partial charge in [0.05, 0.1) is 13.2 Å². The van der Waals surface area contributed by atoms with Crippen molar-refractivity contribution in [3.8, 4) is 5.75 Å². The fourth-order valence-corrected chi connectivity index (χ4v) is 3.22. The lowest BCUT2D eigenvalue weighted by Gasteiger charge is -2.19. The van der Waals surface area contributed by atoms with Crippen LogP contribution in [0.4, 0.5) is 5.69 Å². The molecule has 3 rings (SSSR count). The summed E-state index contributed by atoms with van der Waals surface area (Å²) in [7, 11) is 1.60. The van der Waals surface area contributed by atoms with Crippen LogP contribution >= 0.6 is 0 Å². The molecule has 0 radical (unpaired) electrons. The van der Waals surface area contributed by atoms with E-state index in [0.29, 0.717) is 24.3 Å². The Kier molecular flexibility index (Phi) is 5.22. The molecule has 27 heavy (non-hydrogen) atoms. The van der Waals surface area contributed by atoms with Crippen LogP contribution in [-0.2, 0) is 10.2 Å².